The number of H-pyrrole nitrogens is 1. The summed E-state index contributed by atoms with van der Waals surface area (Å²) in [6.07, 6.45) is 2.92. The van der Waals surface area contributed by atoms with Gasteiger partial charge in [-0.2, -0.15) is 0 Å². The molecule has 0 amide bonds. The molecule has 0 spiro atoms. The molecule has 3 heterocycles. The fourth-order valence-electron chi connectivity index (χ4n) is 3.74. The zero-order valence-electron chi connectivity index (χ0n) is 12.7. The van der Waals surface area contributed by atoms with Crippen molar-refractivity contribution in [1.82, 2.24) is 15.3 Å². The number of aromatic amines is 1. The monoisotopic (exact) mass is 299 g/mol. The molecule has 2 N–H and O–H groups in total. The zero-order chi connectivity index (χ0) is 15.2. The van der Waals surface area contributed by atoms with Crippen molar-refractivity contribution in [3.63, 3.8) is 0 Å². The molecule has 0 bridgehead atoms. The molecule has 0 aliphatic carbocycles. The van der Waals surface area contributed by atoms with E-state index in [1.165, 1.54) is 33.1 Å². The molecule has 5 rings (SSSR count). The van der Waals surface area contributed by atoms with Gasteiger partial charge in [0, 0.05) is 34.7 Å². The minimum atomic E-state index is 0.218. The van der Waals surface area contributed by atoms with Crippen molar-refractivity contribution < 1.29 is 0 Å². The van der Waals surface area contributed by atoms with E-state index in [0.29, 0.717) is 0 Å². The lowest BCUT2D eigenvalue weighted by Crippen LogP contribution is -2.30. The van der Waals surface area contributed by atoms with Gasteiger partial charge >= 0.3 is 0 Å². The number of hydrogen-bond donors (Lipinski definition) is 2. The van der Waals surface area contributed by atoms with Crippen LogP contribution in [-0.4, -0.2) is 16.5 Å². The van der Waals surface area contributed by atoms with Crippen molar-refractivity contribution in [3.8, 4) is 0 Å². The SMILES string of the molecule is c1cnc2ccc(C3NCCc4c3[nH]c3ccccc43)cc2c1. The molecule has 2 aromatic carbocycles. The number of pyridine rings is 1. The van der Waals surface area contributed by atoms with Gasteiger partial charge < -0.3 is 10.3 Å². The summed E-state index contributed by atoms with van der Waals surface area (Å²) < 4.78 is 0. The van der Waals surface area contributed by atoms with Crippen LogP contribution in [0.15, 0.2) is 60.8 Å². The number of fused-ring (bicyclic) bond motifs is 4. The van der Waals surface area contributed by atoms with E-state index in [4.69, 9.17) is 0 Å². The standard InChI is InChI=1S/C20H17N3/c1-2-6-18-15(5-1)16-9-11-22-19(20(16)23-18)14-7-8-17-13(12-14)4-3-10-21-17/h1-8,10,12,19,22-23H,9,11H2. The smallest absolute Gasteiger partial charge is 0.0732 e. The van der Waals surface area contributed by atoms with Gasteiger partial charge in [0.05, 0.1) is 11.6 Å². The van der Waals surface area contributed by atoms with Crippen LogP contribution in [0.3, 0.4) is 0 Å². The molecule has 1 atom stereocenters. The molecule has 0 radical (unpaired) electrons. The highest BCUT2D eigenvalue weighted by Gasteiger charge is 2.25. The molecule has 1 aliphatic heterocycles. The van der Waals surface area contributed by atoms with E-state index in [-0.39, 0.29) is 6.04 Å². The second-order valence-corrected chi connectivity index (χ2v) is 6.16. The van der Waals surface area contributed by atoms with Crippen LogP contribution in [0.1, 0.15) is 22.9 Å². The third-order valence-corrected chi connectivity index (χ3v) is 4.82. The molecule has 3 heteroatoms. The van der Waals surface area contributed by atoms with E-state index >= 15 is 0 Å². The molecule has 112 valence electrons. The lowest BCUT2D eigenvalue weighted by molar-refractivity contribution is 0.561. The Balaban J connectivity index is 1.69. The van der Waals surface area contributed by atoms with Crippen LogP contribution in [0, 0.1) is 0 Å². The highest BCUT2D eigenvalue weighted by Crippen LogP contribution is 2.34. The quantitative estimate of drug-likeness (QED) is 0.559. The van der Waals surface area contributed by atoms with Gasteiger partial charge in [0.15, 0.2) is 0 Å². The van der Waals surface area contributed by atoms with Crippen molar-refractivity contribution in [2.75, 3.05) is 6.54 Å². The third kappa shape index (κ3) is 1.97. The Bertz CT molecular complexity index is 1020. The summed E-state index contributed by atoms with van der Waals surface area (Å²) in [6.45, 7) is 1.00. The summed E-state index contributed by atoms with van der Waals surface area (Å²) in [4.78, 5) is 8.05. The Hall–Kier alpha value is -2.65. The number of rotatable bonds is 1. The largest absolute Gasteiger partial charge is 0.357 e. The van der Waals surface area contributed by atoms with Crippen LogP contribution in [-0.2, 0) is 6.42 Å². The average Bonchev–Trinajstić information content (AvgIpc) is 3.00. The summed E-state index contributed by atoms with van der Waals surface area (Å²) in [5.41, 5.74) is 6.33. The van der Waals surface area contributed by atoms with Crippen LogP contribution in [0.25, 0.3) is 21.8 Å². The zero-order valence-corrected chi connectivity index (χ0v) is 12.7. The summed E-state index contributed by atoms with van der Waals surface area (Å²) in [5, 5.41) is 6.21. The van der Waals surface area contributed by atoms with Crippen LogP contribution in [0.5, 0.6) is 0 Å². The summed E-state index contributed by atoms with van der Waals surface area (Å²) in [6, 6.07) is 19.5. The number of aromatic nitrogens is 2. The average molecular weight is 299 g/mol. The topological polar surface area (TPSA) is 40.7 Å². The first-order valence-corrected chi connectivity index (χ1v) is 8.08. The summed E-state index contributed by atoms with van der Waals surface area (Å²) in [5.74, 6) is 0. The minimum Gasteiger partial charge on any atom is -0.357 e. The third-order valence-electron chi connectivity index (χ3n) is 4.82. The van der Waals surface area contributed by atoms with Crippen molar-refractivity contribution in [2.45, 2.75) is 12.5 Å². The van der Waals surface area contributed by atoms with Crippen LogP contribution in [0.2, 0.25) is 0 Å². The van der Waals surface area contributed by atoms with Gasteiger partial charge in [-0.05, 0) is 41.8 Å². The number of nitrogens with zero attached hydrogens (tertiary/aromatic N) is 1. The summed E-state index contributed by atoms with van der Waals surface area (Å²) in [7, 11) is 0. The predicted octanol–water partition coefficient (Wildman–Crippen LogP) is 3.95. The lowest BCUT2D eigenvalue weighted by Gasteiger charge is -2.25. The minimum absolute atomic E-state index is 0.218. The maximum Gasteiger partial charge on any atom is 0.0732 e. The predicted molar refractivity (Wildman–Crippen MR) is 93.6 cm³/mol. The molecule has 23 heavy (non-hydrogen) atoms. The number of para-hydroxylation sites is 1. The summed E-state index contributed by atoms with van der Waals surface area (Å²) >= 11 is 0. The number of nitrogens with one attached hydrogen (secondary N) is 2. The number of hydrogen-bond acceptors (Lipinski definition) is 2. The molecular formula is C20H17N3. The van der Waals surface area contributed by atoms with E-state index in [2.05, 4.69) is 63.8 Å². The highest BCUT2D eigenvalue weighted by atomic mass is 15.0. The van der Waals surface area contributed by atoms with Gasteiger partial charge in [-0.15, -0.1) is 0 Å². The van der Waals surface area contributed by atoms with E-state index in [1.807, 2.05) is 12.3 Å². The van der Waals surface area contributed by atoms with Gasteiger partial charge in [-0.25, -0.2) is 0 Å². The van der Waals surface area contributed by atoms with Gasteiger partial charge in [0.25, 0.3) is 0 Å². The lowest BCUT2D eigenvalue weighted by atomic mass is 9.93. The fourth-order valence-corrected chi connectivity index (χ4v) is 3.74. The van der Waals surface area contributed by atoms with Crippen molar-refractivity contribution in [1.29, 1.82) is 0 Å². The first-order valence-electron chi connectivity index (χ1n) is 8.08. The molecule has 3 nitrogen and oxygen atoms in total. The molecule has 4 aromatic rings. The Morgan fingerprint density at radius 2 is 1.96 bits per heavy atom. The highest BCUT2D eigenvalue weighted by molar-refractivity contribution is 5.85. The molecule has 1 unspecified atom stereocenters. The normalized spacial score (nSPS) is 17.5. The molecular weight excluding hydrogens is 282 g/mol. The van der Waals surface area contributed by atoms with E-state index in [9.17, 15) is 0 Å². The molecule has 2 aromatic heterocycles. The first kappa shape index (κ1) is 12.9. The van der Waals surface area contributed by atoms with Crippen molar-refractivity contribution in [3.05, 3.63) is 77.6 Å². The second kappa shape index (κ2) is 4.93. The Morgan fingerprint density at radius 1 is 1.00 bits per heavy atom. The van der Waals surface area contributed by atoms with Crippen LogP contribution in [0.4, 0.5) is 0 Å². The van der Waals surface area contributed by atoms with Gasteiger partial charge in [-0.1, -0.05) is 30.3 Å². The molecule has 1 aliphatic rings. The Kier molecular flexibility index (Phi) is 2.76. The second-order valence-electron chi connectivity index (χ2n) is 6.16. The van der Waals surface area contributed by atoms with Crippen LogP contribution < -0.4 is 5.32 Å². The van der Waals surface area contributed by atoms with E-state index in [1.54, 1.807) is 0 Å². The van der Waals surface area contributed by atoms with Gasteiger partial charge in [0.1, 0.15) is 0 Å². The van der Waals surface area contributed by atoms with Crippen molar-refractivity contribution >= 4 is 21.8 Å². The number of benzene rings is 2. The molecule has 0 saturated heterocycles. The van der Waals surface area contributed by atoms with Crippen LogP contribution >= 0.6 is 0 Å². The van der Waals surface area contributed by atoms with Crippen molar-refractivity contribution in [2.24, 2.45) is 0 Å². The molecule has 0 fully saturated rings. The Labute approximate surface area is 134 Å². The van der Waals surface area contributed by atoms with Gasteiger partial charge in [0.2, 0.25) is 0 Å². The van der Waals surface area contributed by atoms with Gasteiger partial charge in [-0.3, -0.25) is 4.98 Å². The molecule has 0 saturated carbocycles. The maximum absolute atomic E-state index is 4.42. The van der Waals surface area contributed by atoms with E-state index < -0.39 is 0 Å². The first-order chi connectivity index (χ1) is 11.4. The maximum atomic E-state index is 4.42. The fraction of sp³-hybridized carbons (Fsp3) is 0.150. The Morgan fingerprint density at radius 3 is 2.96 bits per heavy atom. The van der Waals surface area contributed by atoms with E-state index in [0.717, 1.165) is 18.5 Å².